The molecule has 6 nitrogen and oxygen atoms in total. The molecule has 38 heavy (non-hydrogen) atoms. The first-order valence-electron chi connectivity index (χ1n) is 12.1. The standard InChI is InChI=1S/C30H24Cl2N2O4/c31-19-11-14-23(24(32)17-19)28-27(29(37)33-16-15-18-9-12-20(35)13-10-18)21-5-1-2-6-22(21)30(38)34(28)25-7-3-4-8-26(25)36/h1-14,17,27-28,35-36H,15-16H2,(H,33,37)/t27-,28+/m1/s1. The Morgan fingerprint density at radius 2 is 1.58 bits per heavy atom. The maximum absolute atomic E-state index is 13.9. The minimum Gasteiger partial charge on any atom is -0.508 e. The summed E-state index contributed by atoms with van der Waals surface area (Å²) < 4.78 is 0. The summed E-state index contributed by atoms with van der Waals surface area (Å²) in [5, 5.41) is 24.0. The van der Waals surface area contributed by atoms with Crippen LogP contribution in [0, 0.1) is 0 Å². The molecule has 2 amide bonds. The molecule has 0 radical (unpaired) electrons. The van der Waals surface area contributed by atoms with Crippen molar-refractivity contribution in [3.8, 4) is 11.5 Å². The molecular weight excluding hydrogens is 523 g/mol. The van der Waals surface area contributed by atoms with Gasteiger partial charge in [0.25, 0.3) is 5.91 Å². The zero-order chi connectivity index (χ0) is 26.8. The van der Waals surface area contributed by atoms with E-state index >= 15 is 0 Å². The van der Waals surface area contributed by atoms with Gasteiger partial charge < -0.3 is 15.5 Å². The number of hydrogen-bond acceptors (Lipinski definition) is 4. The number of carbonyl (C=O) groups is 2. The fourth-order valence-electron chi connectivity index (χ4n) is 4.91. The van der Waals surface area contributed by atoms with Crippen molar-refractivity contribution in [1.29, 1.82) is 0 Å². The smallest absolute Gasteiger partial charge is 0.259 e. The fourth-order valence-corrected chi connectivity index (χ4v) is 5.43. The summed E-state index contributed by atoms with van der Waals surface area (Å²) >= 11 is 12.8. The molecule has 4 aromatic rings. The zero-order valence-corrected chi connectivity index (χ0v) is 21.7. The highest BCUT2D eigenvalue weighted by molar-refractivity contribution is 6.35. The number of carbonyl (C=O) groups excluding carboxylic acids is 2. The Bertz CT molecular complexity index is 1510. The zero-order valence-electron chi connectivity index (χ0n) is 20.1. The number of benzene rings is 4. The number of hydrogen-bond donors (Lipinski definition) is 3. The molecule has 0 aliphatic carbocycles. The Hall–Kier alpha value is -4.00. The van der Waals surface area contributed by atoms with Crippen LogP contribution in [0.3, 0.4) is 0 Å². The van der Waals surface area contributed by atoms with Crippen molar-refractivity contribution in [2.75, 3.05) is 11.4 Å². The highest BCUT2D eigenvalue weighted by atomic mass is 35.5. The van der Waals surface area contributed by atoms with Crippen molar-refractivity contribution in [3.63, 3.8) is 0 Å². The molecule has 0 spiro atoms. The second kappa shape index (κ2) is 10.8. The van der Waals surface area contributed by atoms with Crippen LogP contribution < -0.4 is 10.2 Å². The van der Waals surface area contributed by atoms with Crippen molar-refractivity contribution in [3.05, 3.63) is 123 Å². The van der Waals surface area contributed by atoms with Crippen molar-refractivity contribution >= 4 is 40.7 Å². The summed E-state index contributed by atoms with van der Waals surface area (Å²) in [7, 11) is 0. The summed E-state index contributed by atoms with van der Waals surface area (Å²) in [5.74, 6) is -1.40. The normalized spacial score (nSPS) is 16.7. The average molecular weight is 547 g/mol. The molecule has 0 unspecified atom stereocenters. The molecule has 1 aliphatic heterocycles. The lowest BCUT2D eigenvalue weighted by atomic mass is 9.78. The van der Waals surface area contributed by atoms with Gasteiger partial charge in [-0.1, -0.05) is 71.7 Å². The van der Waals surface area contributed by atoms with Crippen LogP contribution in [0.1, 0.15) is 39.0 Å². The van der Waals surface area contributed by atoms with Crippen LogP contribution in [-0.4, -0.2) is 28.6 Å². The van der Waals surface area contributed by atoms with Crippen LogP contribution in [0.4, 0.5) is 5.69 Å². The number of phenols is 2. The number of phenolic OH excluding ortho intramolecular Hbond substituents is 2. The SMILES string of the molecule is O=C(NCCc1ccc(O)cc1)[C@@H]1c2ccccc2C(=O)N(c2ccccc2O)[C@H]1c1ccc(Cl)cc1Cl. The van der Waals surface area contributed by atoms with Crippen LogP contribution >= 0.6 is 23.2 Å². The Morgan fingerprint density at radius 1 is 0.868 bits per heavy atom. The molecule has 5 rings (SSSR count). The Morgan fingerprint density at radius 3 is 2.32 bits per heavy atom. The molecule has 0 saturated carbocycles. The highest BCUT2D eigenvalue weighted by Gasteiger charge is 2.46. The number of rotatable bonds is 6. The number of nitrogens with zero attached hydrogens (tertiary/aromatic N) is 1. The molecule has 1 heterocycles. The lowest BCUT2D eigenvalue weighted by molar-refractivity contribution is -0.123. The summed E-state index contributed by atoms with van der Waals surface area (Å²) in [6.07, 6.45) is 0.550. The minimum absolute atomic E-state index is 0.0956. The number of amides is 2. The van der Waals surface area contributed by atoms with E-state index in [1.165, 1.54) is 11.0 Å². The quantitative estimate of drug-likeness (QED) is 0.266. The lowest BCUT2D eigenvalue weighted by Gasteiger charge is -2.42. The summed E-state index contributed by atoms with van der Waals surface area (Å²) in [6, 6.07) is 24.4. The number of fused-ring (bicyclic) bond motifs is 1. The van der Waals surface area contributed by atoms with Gasteiger partial charge >= 0.3 is 0 Å². The van der Waals surface area contributed by atoms with Crippen LogP contribution in [0.25, 0.3) is 0 Å². The molecule has 0 bridgehead atoms. The average Bonchev–Trinajstić information content (AvgIpc) is 2.90. The first kappa shape index (κ1) is 25.6. The highest BCUT2D eigenvalue weighted by Crippen LogP contribution is 2.48. The first-order valence-corrected chi connectivity index (χ1v) is 12.8. The van der Waals surface area contributed by atoms with E-state index in [-0.39, 0.29) is 29.0 Å². The second-order valence-corrected chi connectivity index (χ2v) is 9.89. The third kappa shape index (κ3) is 4.93. The van der Waals surface area contributed by atoms with E-state index < -0.39 is 12.0 Å². The van der Waals surface area contributed by atoms with Gasteiger partial charge in [-0.25, -0.2) is 0 Å². The Labute approximate surface area is 230 Å². The van der Waals surface area contributed by atoms with Crippen LogP contribution in [0.5, 0.6) is 11.5 Å². The molecule has 0 fully saturated rings. The lowest BCUT2D eigenvalue weighted by Crippen LogP contribution is -2.48. The van der Waals surface area contributed by atoms with Crippen LogP contribution in [0.15, 0.2) is 91.0 Å². The predicted octanol–water partition coefficient (Wildman–Crippen LogP) is 6.25. The van der Waals surface area contributed by atoms with Crippen LogP contribution in [-0.2, 0) is 11.2 Å². The van der Waals surface area contributed by atoms with E-state index in [1.807, 2.05) is 0 Å². The Balaban J connectivity index is 1.60. The molecule has 0 saturated heterocycles. The maximum atomic E-state index is 13.9. The van der Waals surface area contributed by atoms with Gasteiger partial charge in [0.2, 0.25) is 5.91 Å². The number of anilines is 1. The van der Waals surface area contributed by atoms with Gasteiger partial charge in [-0.05, 0) is 65.6 Å². The van der Waals surface area contributed by atoms with E-state index in [0.29, 0.717) is 39.7 Å². The number of nitrogens with one attached hydrogen (secondary N) is 1. The molecule has 0 aromatic heterocycles. The van der Waals surface area contributed by atoms with Gasteiger partial charge in [-0.15, -0.1) is 0 Å². The number of para-hydroxylation sites is 2. The summed E-state index contributed by atoms with van der Waals surface area (Å²) in [5.41, 5.74) is 2.69. The van der Waals surface area contributed by atoms with Crippen molar-refractivity contribution < 1.29 is 19.8 Å². The molecule has 4 aromatic carbocycles. The van der Waals surface area contributed by atoms with Gasteiger partial charge in [0.1, 0.15) is 11.5 Å². The molecular formula is C30H24Cl2N2O4. The van der Waals surface area contributed by atoms with E-state index in [2.05, 4.69) is 5.32 Å². The molecule has 2 atom stereocenters. The largest absolute Gasteiger partial charge is 0.508 e. The third-order valence-electron chi connectivity index (χ3n) is 6.69. The monoisotopic (exact) mass is 546 g/mol. The summed E-state index contributed by atoms with van der Waals surface area (Å²) in [6.45, 7) is 0.341. The predicted molar refractivity (Wildman–Crippen MR) is 148 cm³/mol. The van der Waals surface area contributed by atoms with Crippen molar-refractivity contribution in [2.24, 2.45) is 0 Å². The Kier molecular flexibility index (Phi) is 7.27. The topological polar surface area (TPSA) is 89.9 Å². The fraction of sp³-hybridized carbons (Fsp3) is 0.133. The third-order valence-corrected chi connectivity index (χ3v) is 7.26. The number of aromatic hydroxyl groups is 2. The first-order chi connectivity index (χ1) is 18.3. The van der Waals surface area contributed by atoms with E-state index in [1.54, 1.807) is 84.9 Å². The van der Waals surface area contributed by atoms with Crippen molar-refractivity contribution in [2.45, 2.75) is 18.4 Å². The number of halogens is 2. The van der Waals surface area contributed by atoms with E-state index in [4.69, 9.17) is 23.2 Å². The van der Waals surface area contributed by atoms with Crippen LogP contribution in [0.2, 0.25) is 10.0 Å². The van der Waals surface area contributed by atoms with Gasteiger partial charge in [0, 0.05) is 22.2 Å². The van der Waals surface area contributed by atoms with Gasteiger partial charge in [-0.3, -0.25) is 14.5 Å². The van der Waals surface area contributed by atoms with E-state index in [9.17, 15) is 19.8 Å². The van der Waals surface area contributed by atoms with Gasteiger partial charge in [-0.2, -0.15) is 0 Å². The van der Waals surface area contributed by atoms with Crippen molar-refractivity contribution in [1.82, 2.24) is 5.32 Å². The molecule has 1 aliphatic rings. The maximum Gasteiger partial charge on any atom is 0.259 e. The van der Waals surface area contributed by atoms with Gasteiger partial charge in [0.05, 0.1) is 17.6 Å². The molecule has 192 valence electrons. The molecule has 8 heteroatoms. The van der Waals surface area contributed by atoms with E-state index in [0.717, 1.165) is 5.56 Å². The second-order valence-electron chi connectivity index (χ2n) is 9.05. The van der Waals surface area contributed by atoms with Gasteiger partial charge in [0.15, 0.2) is 0 Å². The summed E-state index contributed by atoms with van der Waals surface area (Å²) in [4.78, 5) is 29.3. The minimum atomic E-state index is -0.857. The molecule has 3 N–H and O–H groups in total.